The largest absolute Gasteiger partial charge is 0.465 e. The summed E-state index contributed by atoms with van der Waals surface area (Å²) in [5.41, 5.74) is 7.35. The Morgan fingerprint density at radius 2 is 1.86 bits per heavy atom. The van der Waals surface area contributed by atoms with Crippen molar-refractivity contribution in [2.45, 2.75) is 25.8 Å². The number of hydrogen-bond acceptors (Lipinski definition) is 6. The van der Waals surface area contributed by atoms with E-state index in [0.29, 0.717) is 11.5 Å². The lowest BCUT2D eigenvalue weighted by atomic mass is 9.86. The number of pyridine rings is 1. The average molecular weight is 496 g/mol. The monoisotopic (exact) mass is 495 g/mol. The number of fused-ring (bicyclic) bond motifs is 3. The molecule has 1 fully saturated rings. The molecule has 1 aliphatic heterocycles. The number of carbonyl (C=O) groups is 1. The Morgan fingerprint density at radius 1 is 1.08 bits per heavy atom. The number of aromatic nitrogens is 5. The van der Waals surface area contributed by atoms with Crippen molar-refractivity contribution >= 4 is 27.9 Å². The van der Waals surface area contributed by atoms with Gasteiger partial charge in [-0.3, -0.25) is 4.98 Å². The molecule has 1 atom stereocenters. The van der Waals surface area contributed by atoms with Crippen molar-refractivity contribution in [2.75, 3.05) is 20.3 Å². The van der Waals surface area contributed by atoms with E-state index in [0.717, 1.165) is 64.9 Å². The number of methoxy groups -OCH3 is 1. The van der Waals surface area contributed by atoms with Gasteiger partial charge in [0.1, 0.15) is 0 Å². The number of nitrogens with zero attached hydrogens (tertiary/aromatic N) is 5. The van der Waals surface area contributed by atoms with Crippen LogP contribution in [-0.4, -0.2) is 50.8 Å². The summed E-state index contributed by atoms with van der Waals surface area (Å²) in [6, 6.07) is 18.6. The van der Waals surface area contributed by atoms with Gasteiger partial charge >= 0.3 is 5.97 Å². The third-order valence-corrected chi connectivity index (χ3v) is 7.46. The molecule has 3 aromatic heterocycles. The summed E-state index contributed by atoms with van der Waals surface area (Å²) < 4.78 is 15.0. The van der Waals surface area contributed by atoms with Gasteiger partial charge in [0.15, 0.2) is 0 Å². The first-order valence-electron chi connectivity index (χ1n) is 12.6. The van der Waals surface area contributed by atoms with E-state index in [9.17, 15) is 4.79 Å². The first-order chi connectivity index (χ1) is 18.1. The van der Waals surface area contributed by atoms with Crippen molar-refractivity contribution in [1.82, 2.24) is 24.5 Å². The zero-order valence-corrected chi connectivity index (χ0v) is 21.2. The highest BCUT2D eigenvalue weighted by molar-refractivity contribution is 6.08. The summed E-state index contributed by atoms with van der Waals surface area (Å²) in [5.74, 6) is 0.00626. The number of aryl methyl sites for hydroxylation is 2. The number of benzene rings is 2. The minimum Gasteiger partial charge on any atom is -0.465 e. The summed E-state index contributed by atoms with van der Waals surface area (Å²) in [6.45, 7) is 3.43. The Bertz CT molecular complexity index is 1580. The summed E-state index contributed by atoms with van der Waals surface area (Å²) in [5, 5.41) is 9.45. The van der Waals surface area contributed by atoms with Gasteiger partial charge in [0, 0.05) is 37.4 Å². The second kappa shape index (κ2) is 9.44. The number of carbonyl (C=O) groups excluding carboxylic acids is 1. The molecule has 0 aliphatic carbocycles. The van der Waals surface area contributed by atoms with Crippen LogP contribution in [0.15, 0.2) is 60.8 Å². The van der Waals surface area contributed by atoms with Gasteiger partial charge in [-0.15, -0.1) is 5.10 Å². The number of ether oxygens (including phenoxy) is 2. The smallest absolute Gasteiger partial charge is 0.337 e. The molecule has 0 saturated carbocycles. The zero-order chi connectivity index (χ0) is 25.5. The summed E-state index contributed by atoms with van der Waals surface area (Å²) in [7, 11) is 3.31. The van der Waals surface area contributed by atoms with Crippen LogP contribution in [0.5, 0.6) is 0 Å². The van der Waals surface area contributed by atoms with E-state index < -0.39 is 0 Å². The van der Waals surface area contributed by atoms with Crippen molar-refractivity contribution in [3.63, 3.8) is 0 Å². The van der Waals surface area contributed by atoms with Crippen LogP contribution in [-0.2, 0) is 16.5 Å². The Kier molecular flexibility index (Phi) is 5.96. The Balaban J connectivity index is 1.68. The minimum absolute atomic E-state index is 0.0424. The van der Waals surface area contributed by atoms with E-state index in [-0.39, 0.29) is 12.0 Å². The number of rotatable bonds is 5. The van der Waals surface area contributed by atoms with Crippen LogP contribution < -0.4 is 0 Å². The molecule has 1 aliphatic rings. The van der Waals surface area contributed by atoms with Gasteiger partial charge in [-0.25, -0.2) is 9.48 Å². The first-order valence-corrected chi connectivity index (χ1v) is 12.6. The van der Waals surface area contributed by atoms with E-state index in [1.807, 2.05) is 44.4 Å². The van der Waals surface area contributed by atoms with E-state index in [1.54, 1.807) is 4.68 Å². The summed E-state index contributed by atoms with van der Waals surface area (Å²) in [4.78, 5) is 17.5. The Labute approximate surface area is 214 Å². The molecular formula is C29H29N5O3. The SMILES string of the molecule is COC(=O)c1ccc2c3ncc(-c4c(C)nnn4C)cc3n([C@H](c3ccccc3)C3CCOCC3)c2c1. The molecule has 0 unspecified atom stereocenters. The normalized spacial score (nSPS) is 15.3. The maximum Gasteiger partial charge on any atom is 0.337 e. The maximum absolute atomic E-state index is 12.5. The number of esters is 1. The molecule has 37 heavy (non-hydrogen) atoms. The molecule has 8 nitrogen and oxygen atoms in total. The third kappa shape index (κ3) is 3.97. The molecule has 2 aromatic carbocycles. The predicted molar refractivity (Wildman–Crippen MR) is 141 cm³/mol. The first kappa shape index (κ1) is 23.4. The zero-order valence-electron chi connectivity index (χ0n) is 21.2. The van der Waals surface area contributed by atoms with Gasteiger partial charge in [0.2, 0.25) is 0 Å². The highest BCUT2D eigenvalue weighted by Crippen LogP contribution is 2.41. The fourth-order valence-electron chi connectivity index (χ4n) is 5.75. The second-order valence-electron chi connectivity index (χ2n) is 9.64. The van der Waals surface area contributed by atoms with Crippen LogP contribution in [0.4, 0.5) is 0 Å². The fourth-order valence-corrected chi connectivity index (χ4v) is 5.75. The highest BCUT2D eigenvalue weighted by Gasteiger charge is 2.30. The lowest BCUT2D eigenvalue weighted by Gasteiger charge is -2.33. The topological polar surface area (TPSA) is 84.1 Å². The predicted octanol–water partition coefficient (Wildman–Crippen LogP) is 5.10. The van der Waals surface area contributed by atoms with Crippen LogP contribution >= 0.6 is 0 Å². The van der Waals surface area contributed by atoms with Gasteiger partial charge in [0.25, 0.3) is 0 Å². The maximum atomic E-state index is 12.5. The molecule has 188 valence electrons. The Hall–Kier alpha value is -4.04. The van der Waals surface area contributed by atoms with Gasteiger partial charge in [0.05, 0.1) is 46.7 Å². The van der Waals surface area contributed by atoms with Gasteiger partial charge < -0.3 is 14.0 Å². The van der Waals surface area contributed by atoms with Crippen LogP contribution in [0.25, 0.3) is 33.2 Å². The van der Waals surface area contributed by atoms with Crippen LogP contribution in [0, 0.1) is 12.8 Å². The van der Waals surface area contributed by atoms with Crippen LogP contribution in [0.3, 0.4) is 0 Å². The molecule has 0 radical (unpaired) electrons. The van der Waals surface area contributed by atoms with E-state index in [4.69, 9.17) is 14.5 Å². The molecule has 5 aromatic rings. The average Bonchev–Trinajstić information content (AvgIpc) is 3.45. The van der Waals surface area contributed by atoms with Gasteiger partial charge in [-0.2, -0.15) is 0 Å². The lowest BCUT2D eigenvalue weighted by molar-refractivity contribution is 0.0553. The standard InChI is InChI=1S/C29H29N5O3/c1-18-27(33(2)32-31-18)22-16-25-26(30-17-22)23-10-9-21(29(35)36-3)15-24(23)34(25)28(19-7-5-4-6-8-19)20-11-13-37-14-12-20/h4-10,15-17,20,28H,11-14H2,1-3H3/t28-/m1/s1. The molecule has 1 saturated heterocycles. The van der Waals surface area contributed by atoms with E-state index in [1.165, 1.54) is 12.7 Å². The van der Waals surface area contributed by atoms with E-state index in [2.05, 4.69) is 45.2 Å². The van der Waals surface area contributed by atoms with Crippen molar-refractivity contribution in [2.24, 2.45) is 13.0 Å². The minimum atomic E-state index is -0.355. The molecule has 8 heteroatoms. The molecule has 0 N–H and O–H groups in total. The highest BCUT2D eigenvalue weighted by atomic mass is 16.5. The van der Waals surface area contributed by atoms with Crippen molar-refractivity contribution in [3.8, 4) is 11.3 Å². The van der Waals surface area contributed by atoms with Crippen LogP contribution in [0.2, 0.25) is 0 Å². The summed E-state index contributed by atoms with van der Waals surface area (Å²) >= 11 is 0. The molecule has 6 rings (SSSR count). The van der Waals surface area contributed by atoms with Gasteiger partial charge in [-0.05, 0) is 55.5 Å². The number of hydrogen-bond donors (Lipinski definition) is 0. The lowest BCUT2D eigenvalue weighted by Crippen LogP contribution is -2.27. The van der Waals surface area contributed by atoms with Crippen molar-refractivity contribution in [1.29, 1.82) is 0 Å². The molecule has 0 bridgehead atoms. The van der Waals surface area contributed by atoms with Crippen molar-refractivity contribution < 1.29 is 14.3 Å². The molecule has 0 amide bonds. The summed E-state index contributed by atoms with van der Waals surface area (Å²) in [6.07, 6.45) is 3.79. The second-order valence-corrected chi connectivity index (χ2v) is 9.64. The quantitative estimate of drug-likeness (QED) is 0.316. The molecular weight excluding hydrogens is 466 g/mol. The van der Waals surface area contributed by atoms with Gasteiger partial charge in [-0.1, -0.05) is 35.5 Å². The molecule has 0 spiro atoms. The van der Waals surface area contributed by atoms with Crippen molar-refractivity contribution in [3.05, 3.63) is 77.6 Å². The third-order valence-electron chi connectivity index (χ3n) is 7.46. The van der Waals surface area contributed by atoms with Crippen LogP contribution in [0.1, 0.15) is 40.5 Å². The molecule has 4 heterocycles. The van der Waals surface area contributed by atoms with E-state index >= 15 is 0 Å². The fraction of sp³-hybridized carbons (Fsp3) is 0.310. The Morgan fingerprint density at radius 3 is 2.57 bits per heavy atom.